The maximum atomic E-state index is 12.9. The van der Waals surface area contributed by atoms with E-state index in [0.29, 0.717) is 51.5 Å². The van der Waals surface area contributed by atoms with Gasteiger partial charge in [0.05, 0.1) is 12.1 Å². The molecule has 0 spiro atoms. The second-order valence-corrected chi connectivity index (χ2v) is 7.88. The fourth-order valence-corrected chi connectivity index (χ4v) is 3.74. The van der Waals surface area contributed by atoms with E-state index in [4.69, 9.17) is 4.52 Å². The number of benzene rings is 2. The van der Waals surface area contributed by atoms with Gasteiger partial charge in [-0.3, -0.25) is 9.69 Å². The van der Waals surface area contributed by atoms with Crippen molar-refractivity contribution in [3.63, 3.8) is 0 Å². The van der Waals surface area contributed by atoms with Crippen molar-refractivity contribution in [2.24, 2.45) is 0 Å². The molecule has 33 heavy (non-hydrogen) atoms. The highest BCUT2D eigenvalue weighted by atomic mass is 19.4. The zero-order valence-corrected chi connectivity index (χ0v) is 17.8. The van der Waals surface area contributed by atoms with Crippen LogP contribution in [-0.2, 0) is 23.9 Å². The summed E-state index contributed by atoms with van der Waals surface area (Å²) in [5, 5.41) is 13.6. The molecule has 1 aliphatic heterocycles. The van der Waals surface area contributed by atoms with Gasteiger partial charge in [-0.15, -0.1) is 0 Å². The van der Waals surface area contributed by atoms with E-state index in [2.05, 4.69) is 15.0 Å². The number of rotatable bonds is 6. The molecule has 2 heterocycles. The molecule has 1 aliphatic rings. The number of piperazine rings is 1. The number of phenols is 1. The Balaban J connectivity index is 1.28. The zero-order chi connectivity index (χ0) is 23.4. The largest absolute Gasteiger partial charge is 0.508 e. The van der Waals surface area contributed by atoms with Gasteiger partial charge >= 0.3 is 6.18 Å². The SMILES string of the molecule is O=C(CCc1ccccc1O)N1CCN(Cc2nc(-c3cccc(C(F)(F)F)c3)no2)CC1. The van der Waals surface area contributed by atoms with E-state index in [9.17, 15) is 23.1 Å². The summed E-state index contributed by atoms with van der Waals surface area (Å²) in [6.07, 6.45) is -3.64. The minimum atomic E-state index is -4.44. The number of carbonyl (C=O) groups excluding carboxylic acids is 1. The number of carbonyl (C=O) groups is 1. The van der Waals surface area contributed by atoms with E-state index in [0.717, 1.165) is 17.7 Å². The Bertz CT molecular complexity index is 1110. The Kier molecular flexibility index (Phi) is 6.64. The molecule has 1 amide bonds. The van der Waals surface area contributed by atoms with Crippen LogP contribution in [0.3, 0.4) is 0 Å². The third-order valence-electron chi connectivity index (χ3n) is 5.60. The van der Waals surface area contributed by atoms with Crippen molar-refractivity contribution in [2.45, 2.75) is 25.6 Å². The molecule has 0 saturated carbocycles. The van der Waals surface area contributed by atoms with Crippen molar-refractivity contribution < 1.29 is 27.6 Å². The van der Waals surface area contributed by atoms with Crippen LogP contribution in [0.4, 0.5) is 13.2 Å². The van der Waals surface area contributed by atoms with Gasteiger partial charge in [-0.2, -0.15) is 18.2 Å². The van der Waals surface area contributed by atoms with Crippen molar-refractivity contribution in [2.75, 3.05) is 26.2 Å². The summed E-state index contributed by atoms with van der Waals surface area (Å²) in [5.74, 6) is 0.637. The number of aromatic nitrogens is 2. The molecule has 0 bridgehead atoms. The smallest absolute Gasteiger partial charge is 0.416 e. The van der Waals surface area contributed by atoms with Crippen LogP contribution in [0.2, 0.25) is 0 Å². The fraction of sp³-hybridized carbons (Fsp3) is 0.348. The number of amides is 1. The summed E-state index contributed by atoms with van der Waals surface area (Å²) in [6, 6.07) is 11.8. The van der Waals surface area contributed by atoms with Crippen LogP contribution in [0.1, 0.15) is 23.4 Å². The van der Waals surface area contributed by atoms with Crippen LogP contribution >= 0.6 is 0 Å². The Hall–Kier alpha value is -3.40. The lowest BCUT2D eigenvalue weighted by molar-refractivity contribution is -0.137. The summed E-state index contributed by atoms with van der Waals surface area (Å²) in [6.45, 7) is 2.68. The first-order valence-electron chi connectivity index (χ1n) is 10.6. The Labute approximate surface area is 188 Å². The second-order valence-electron chi connectivity index (χ2n) is 7.88. The number of halogens is 3. The summed E-state index contributed by atoms with van der Waals surface area (Å²) in [7, 11) is 0. The minimum absolute atomic E-state index is 0.0301. The highest BCUT2D eigenvalue weighted by molar-refractivity contribution is 5.76. The molecule has 0 aliphatic carbocycles. The lowest BCUT2D eigenvalue weighted by Crippen LogP contribution is -2.48. The van der Waals surface area contributed by atoms with E-state index in [1.807, 2.05) is 6.07 Å². The molecular weight excluding hydrogens is 437 g/mol. The number of aryl methyl sites for hydroxylation is 1. The van der Waals surface area contributed by atoms with Gasteiger partial charge < -0.3 is 14.5 Å². The van der Waals surface area contributed by atoms with Crippen LogP contribution < -0.4 is 0 Å². The lowest BCUT2D eigenvalue weighted by atomic mass is 10.1. The van der Waals surface area contributed by atoms with Gasteiger partial charge in [0.2, 0.25) is 17.6 Å². The first-order chi connectivity index (χ1) is 15.8. The molecular formula is C23H23F3N4O3. The molecule has 0 atom stereocenters. The fourth-order valence-electron chi connectivity index (χ4n) is 3.74. The maximum absolute atomic E-state index is 12.9. The summed E-state index contributed by atoms with van der Waals surface area (Å²) < 4.78 is 44.0. The zero-order valence-electron chi connectivity index (χ0n) is 17.8. The van der Waals surface area contributed by atoms with Gasteiger partial charge in [-0.05, 0) is 30.2 Å². The summed E-state index contributed by atoms with van der Waals surface area (Å²) >= 11 is 0. The van der Waals surface area contributed by atoms with Crippen molar-refractivity contribution in [3.05, 3.63) is 65.5 Å². The van der Waals surface area contributed by atoms with Crippen LogP contribution in [0.15, 0.2) is 53.1 Å². The maximum Gasteiger partial charge on any atom is 0.416 e. The van der Waals surface area contributed by atoms with E-state index in [1.165, 1.54) is 12.1 Å². The van der Waals surface area contributed by atoms with Gasteiger partial charge in [0, 0.05) is 38.2 Å². The van der Waals surface area contributed by atoms with Gasteiger partial charge in [0.1, 0.15) is 5.75 Å². The number of phenolic OH excluding ortho intramolecular Hbond substituents is 1. The van der Waals surface area contributed by atoms with Crippen LogP contribution in [-0.4, -0.2) is 57.1 Å². The first kappa shape index (κ1) is 22.8. The van der Waals surface area contributed by atoms with Crippen molar-refractivity contribution in [1.29, 1.82) is 0 Å². The third kappa shape index (κ3) is 5.70. The molecule has 174 valence electrons. The van der Waals surface area contributed by atoms with Gasteiger partial charge in [0.15, 0.2) is 0 Å². The Morgan fingerprint density at radius 2 is 1.82 bits per heavy atom. The highest BCUT2D eigenvalue weighted by Gasteiger charge is 2.31. The molecule has 10 heteroatoms. The topological polar surface area (TPSA) is 82.7 Å². The molecule has 7 nitrogen and oxygen atoms in total. The molecule has 2 aromatic carbocycles. The van der Waals surface area contributed by atoms with E-state index < -0.39 is 11.7 Å². The van der Waals surface area contributed by atoms with Crippen molar-refractivity contribution >= 4 is 5.91 Å². The summed E-state index contributed by atoms with van der Waals surface area (Å²) in [4.78, 5) is 20.6. The molecule has 0 radical (unpaired) electrons. The van der Waals surface area contributed by atoms with Crippen molar-refractivity contribution in [1.82, 2.24) is 19.9 Å². The number of nitrogens with zero attached hydrogens (tertiary/aromatic N) is 4. The van der Waals surface area contributed by atoms with Gasteiger partial charge in [0.25, 0.3) is 0 Å². The third-order valence-corrected chi connectivity index (χ3v) is 5.60. The number of hydrogen-bond donors (Lipinski definition) is 1. The first-order valence-corrected chi connectivity index (χ1v) is 10.6. The molecule has 3 aromatic rings. The van der Waals surface area contributed by atoms with E-state index in [1.54, 1.807) is 23.1 Å². The standard InChI is InChI=1S/C23H23F3N4O3/c24-23(25,26)18-6-3-5-17(14-18)22-27-20(33-28-22)15-29-10-12-30(13-11-29)21(32)9-8-16-4-1-2-7-19(16)31/h1-7,14,31H,8-13,15H2. The number of alkyl halides is 3. The van der Waals surface area contributed by atoms with Gasteiger partial charge in [-0.25, -0.2) is 0 Å². The predicted molar refractivity (Wildman–Crippen MR) is 113 cm³/mol. The average molecular weight is 460 g/mol. The predicted octanol–water partition coefficient (Wildman–Crippen LogP) is 3.74. The average Bonchev–Trinajstić information content (AvgIpc) is 3.27. The number of aromatic hydroxyl groups is 1. The molecule has 1 fully saturated rings. The lowest BCUT2D eigenvalue weighted by Gasteiger charge is -2.34. The molecule has 4 rings (SSSR count). The Morgan fingerprint density at radius 1 is 1.06 bits per heavy atom. The molecule has 1 N–H and O–H groups in total. The molecule has 1 aromatic heterocycles. The van der Waals surface area contributed by atoms with Crippen LogP contribution in [0, 0.1) is 0 Å². The second kappa shape index (κ2) is 9.62. The quantitative estimate of drug-likeness (QED) is 0.604. The normalized spacial score (nSPS) is 15.1. The van der Waals surface area contributed by atoms with Crippen molar-refractivity contribution in [3.8, 4) is 17.1 Å². The van der Waals surface area contributed by atoms with E-state index >= 15 is 0 Å². The Morgan fingerprint density at radius 3 is 2.55 bits per heavy atom. The van der Waals surface area contributed by atoms with Crippen LogP contribution in [0.25, 0.3) is 11.4 Å². The minimum Gasteiger partial charge on any atom is -0.508 e. The monoisotopic (exact) mass is 460 g/mol. The summed E-state index contributed by atoms with van der Waals surface area (Å²) in [5.41, 5.74) is 0.215. The molecule has 1 saturated heterocycles. The number of para-hydroxylation sites is 1. The molecule has 0 unspecified atom stereocenters. The van der Waals surface area contributed by atoms with Gasteiger partial charge in [-0.1, -0.05) is 35.5 Å². The number of hydrogen-bond acceptors (Lipinski definition) is 6. The van der Waals surface area contributed by atoms with E-state index in [-0.39, 0.29) is 23.0 Å². The van der Waals surface area contributed by atoms with Crippen LogP contribution in [0.5, 0.6) is 5.75 Å². The highest BCUT2D eigenvalue weighted by Crippen LogP contribution is 2.31.